The van der Waals surface area contributed by atoms with Gasteiger partial charge in [-0.1, -0.05) is 12.1 Å². The highest BCUT2D eigenvalue weighted by atomic mass is 32.2. The normalized spacial score (nSPS) is 15.1. The van der Waals surface area contributed by atoms with Gasteiger partial charge in [0.2, 0.25) is 15.9 Å². The van der Waals surface area contributed by atoms with Crippen molar-refractivity contribution >= 4 is 27.6 Å². The van der Waals surface area contributed by atoms with Gasteiger partial charge in [0, 0.05) is 38.3 Å². The molecule has 0 aromatic heterocycles. The van der Waals surface area contributed by atoms with Crippen molar-refractivity contribution in [3.8, 4) is 0 Å². The standard InChI is InChI=1S/C19H31N5O3S/c1-3-20-19(21-12-6-13-23-28(26,27)4-2)22-15-16-8-10-17(11-9-16)24-14-5-7-18(24)25/h8-11,23H,3-7,12-15H2,1-2H3,(H2,20,21,22). The van der Waals surface area contributed by atoms with E-state index in [0.29, 0.717) is 38.4 Å². The molecule has 1 fully saturated rings. The number of aliphatic imine (C=N–C) groups is 1. The summed E-state index contributed by atoms with van der Waals surface area (Å²) in [6.07, 6.45) is 2.22. The van der Waals surface area contributed by atoms with E-state index in [1.807, 2.05) is 36.1 Å². The minimum atomic E-state index is -3.14. The van der Waals surface area contributed by atoms with Crippen LogP contribution in [0.4, 0.5) is 5.69 Å². The van der Waals surface area contributed by atoms with Crippen molar-refractivity contribution in [2.24, 2.45) is 4.99 Å². The average Bonchev–Trinajstić information content (AvgIpc) is 3.12. The fourth-order valence-corrected chi connectivity index (χ4v) is 3.50. The maximum atomic E-state index is 11.8. The van der Waals surface area contributed by atoms with Gasteiger partial charge in [-0.05, 0) is 44.4 Å². The number of benzene rings is 1. The number of carbonyl (C=O) groups is 1. The highest BCUT2D eigenvalue weighted by Crippen LogP contribution is 2.21. The summed E-state index contributed by atoms with van der Waals surface area (Å²) in [6, 6.07) is 7.92. The van der Waals surface area contributed by atoms with Crippen molar-refractivity contribution in [2.45, 2.75) is 39.7 Å². The summed E-state index contributed by atoms with van der Waals surface area (Å²) in [6.45, 7) is 6.68. The van der Waals surface area contributed by atoms with E-state index in [2.05, 4.69) is 20.3 Å². The molecule has 0 bridgehead atoms. The molecule has 0 aliphatic carbocycles. The lowest BCUT2D eigenvalue weighted by molar-refractivity contribution is -0.117. The van der Waals surface area contributed by atoms with Gasteiger partial charge in [-0.25, -0.2) is 18.1 Å². The molecule has 0 saturated carbocycles. The lowest BCUT2D eigenvalue weighted by Gasteiger charge is -2.16. The minimum Gasteiger partial charge on any atom is -0.357 e. The summed E-state index contributed by atoms with van der Waals surface area (Å²) in [5.74, 6) is 0.972. The quantitative estimate of drug-likeness (QED) is 0.306. The van der Waals surface area contributed by atoms with E-state index in [9.17, 15) is 13.2 Å². The van der Waals surface area contributed by atoms with E-state index in [1.54, 1.807) is 6.92 Å². The molecule has 9 heteroatoms. The Morgan fingerprint density at radius 3 is 2.50 bits per heavy atom. The summed E-state index contributed by atoms with van der Waals surface area (Å²) in [4.78, 5) is 18.2. The molecular weight excluding hydrogens is 378 g/mol. The first-order valence-corrected chi connectivity index (χ1v) is 11.5. The largest absolute Gasteiger partial charge is 0.357 e. The van der Waals surface area contributed by atoms with Gasteiger partial charge in [0.15, 0.2) is 5.96 Å². The molecule has 1 heterocycles. The van der Waals surface area contributed by atoms with Crippen LogP contribution in [0.25, 0.3) is 0 Å². The number of guanidine groups is 1. The molecule has 1 saturated heterocycles. The zero-order valence-electron chi connectivity index (χ0n) is 16.7. The Balaban J connectivity index is 1.82. The van der Waals surface area contributed by atoms with Crippen LogP contribution in [-0.4, -0.2) is 52.2 Å². The Morgan fingerprint density at radius 2 is 1.89 bits per heavy atom. The number of sulfonamides is 1. The molecule has 1 amide bonds. The summed E-state index contributed by atoms with van der Waals surface area (Å²) in [7, 11) is -3.14. The van der Waals surface area contributed by atoms with Gasteiger partial charge in [0.1, 0.15) is 0 Å². The number of rotatable bonds is 10. The number of nitrogens with one attached hydrogen (secondary N) is 3. The number of anilines is 1. The summed E-state index contributed by atoms with van der Waals surface area (Å²) in [5, 5.41) is 6.39. The van der Waals surface area contributed by atoms with E-state index >= 15 is 0 Å². The summed E-state index contributed by atoms with van der Waals surface area (Å²) in [5.41, 5.74) is 2.00. The number of carbonyl (C=O) groups excluding carboxylic acids is 1. The van der Waals surface area contributed by atoms with Crippen LogP contribution in [0.2, 0.25) is 0 Å². The molecule has 0 radical (unpaired) electrons. The van der Waals surface area contributed by atoms with Crippen molar-refractivity contribution in [1.29, 1.82) is 0 Å². The van der Waals surface area contributed by atoms with Crippen molar-refractivity contribution in [3.63, 3.8) is 0 Å². The molecule has 1 aromatic rings. The second kappa shape index (κ2) is 11.0. The molecule has 8 nitrogen and oxygen atoms in total. The van der Waals surface area contributed by atoms with Crippen LogP contribution in [0.15, 0.2) is 29.3 Å². The fourth-order valence-electron chi connectivity index (χ4n) is 2.84. The minimum absolute atomic E-state index is 0.0925. The monoisotopic (exact) mass is 409 g/mol. The third-order valence-corrected chi connectivity index (χ3v) is 5.84. The van der Waals surface area contributed by atoms with E-state index in [1.165, 1.54) is 0 Å². The molecule has 1 aliphatic heterocycles. The van der Waals surface area contributed by atoms with Crippen LogP contribution < -0.4 is 20.3 Å². The van der Waals surface area contributed by atoms with Crippen LogP contribution in [0.5, 0.6) is 0 Å². The number of hydrogen-bond donors (Lipinski definition) is 3. The van der Waals surface area contributed by atoms with E-state index < -0.39 is 10.0 Å². The van der Waals surface area contributed by atoms with E-state index in [-0.39, 0.29) is 11.7 Å². The number of hydrogen-bond acceptors (Lipinski definition) is 4. The predicted molar refractivity (Wildman–Crippen MR) is 113 cm³/mol. The maximum absolute atomic E-state index is 11.8. The van der Waals surface area contributed by atoms with Crippen molar-refractivity contribution in [2.75, 3.05) is 36.8 Å². The zero-order chi connectivity index (χ0) is 20.4. The van der Waals surface area contributed by atoms with Gasteiger partial charge in [0.05, 0.1) is 12.3 Å². The smallest absolute Gasteiger partial charge is 0.227 e. The Morgan fingerprint density at radius 1 is 1.14 bits per heavy atom. The van der Waals surface area contributed by atoms with Crippen LogP contribution in [0.1, 0.15) is 38.7 Å². The van der Waals surface area contributed by atoms with Gasteiger partial charge in [0.25, 0.3) is 0 Å². The predicted octanol–water partition coefficient (Wildman–Crippen LogP) is 1.20. The number of nitrogens with zero attached hydrogens (tertiary/aromatic N) is 2. The van der Waals surface area contributed by atoms with Gasteiger partial charge < -0.3 is 15.5 Å². The number of amides is 1. The Kier molecular flexibility index (Phi) is 8.72. The highest BCUT2D eigenvalue weighted by molar-refractivity contribution is 7.89. The molecule has 1 aromatic carbocycles. The zero-order valence-corrected chi connectivity index (χ0v) is 17.5. The second-order valence-electron chi connectivity index (χ2n) is 6.59. The molecule has 156 valence electrons. The van der Waals surface area contributed by atoms with Crippen LogP contribution >= 0.6 is 0 Å². The molecular formula is C19H31N5O3S. The molecule has 0 atom stereocenters. The molecule has 0 spiro atoms. The molecule has 1 aliphatic rings. The molecule has 28 heavy (non-hydrogen) atoms. The Bertz CT molecular complexity index is 762. The molecule has 3 N–H and O–H groups in total. The van der Waals surface area contributed by atoms with Crippen LogP contribution in [0.3, 0.4) is 0 Å². The SMILES string of the molecule is CCNC(=NCc1ccc(N2CCCC2=O)cc1)NCCCNS(=O)(=O)CC. The fraction of sp³-hybridized carbons (Fsp3) is 0.579. The van der Waals surface area contributed by atoms with Crippen molar-refractivity contribution < 1.29 is 13.2 Å². The average molecular weight is 410 g/mol. The molecule has 2 rings (SSSR count). The Labute approximate surface area is 167 Å². The summed E-state index contributed by atoms with van der Waals surface area (Å²) >= 11 is 0. The summed E-state index contributed by atoms with van der Waals surface area (Å²) < 4.78 is 25.3. The van der Waals surface area contributed by atoms with Crippen LogP contribution in [0, 0.1) is 0 Å². The lowest BCUT2D eigenvalue weighted by atomic mass is 10.2. The first kappa shape index (κ1) is 22.2. The van der Waals surface area contributed by atoms with Gasteiger partial charge in [-0.3, -0.25) is 4.79 Å². The van der Waals surface area contributed by atoms with Gasteiger partial charge in [-0.2, -0.15) is 0 Å². The van der Waals surface area contributed by atoms with Gasteiger partial charge >= 0.3 is 0 Å². The van der Waals surface area contributed by atoms with Crippen molar-refractivity contribution in [3.05, 3.63) is 29.8 Å². The first-order valence-electron chi connectivity index (χ1n) is 9.84. The highest BCUT2D eigenvalue weighted by Gasteiger charge is 2.21. The second-order valence-corrected chi connectivity index (χ2v) is 8.68. The molecule has 0 unspecified atom stereocenters. The van der Waals surface area contributed by atoms with Gasteiger partial charge in [-0.15, -0.1) is 0 Å². The third kappa shape index (κ3) is 7.12. The van der Waals surface area contributed by atoms with E-state index in [4.69, 9.17) is 0 Å². The topological polar surface area (TPSA) is 103 Å². The van der Waals surface area contributed by atoms with Crippen molar-refractivity contribution in [1.82, 2.24) is 15.4 Å². The maximum Gasteiger partial charge on any atom is 0.227 e. The van der Waals surface area contributed by atoms with Crippen LogP contribution in [-0.2, 0) is 21.4 Å². The third-order valence-electron chi connectivity index (χ3n) is 4.43. The Hall–Kier alpha value is -2.13. The first-order chi connectivity index (χ1) is 13.4. The lowest BCUT2D eigenvalue weighted by Crippen LogP contribution is -2.38. The van der Waals surface area contributed by atoms with E-state index in [0.717, 1.165) is 30.8 Å².